The summed E-state index contributed by atoms with van der Waals surface area (Å²) < 4.78 is 5.65. The molecule has 0 heterocycles. The third-order valence-corrected chi connectivity index (χ3v) is 8.51. The van der Waals surface area contributed by atoms with Gasteiger partial charge < -0.3 is 4.74 Å². The molecule has 138 valence electrons. The van der Waals surface area contributed by atoms with Crippen LogP contribution in [0.1, 0.15) is 72.1 Å². The van der Waals surface area contributed by atoms with Crippen LogP contribution in [0.4, 0.5) is 0 Å². The molecule has 25 heavy (non-hydrogen) atoms. The van der Waals surface area contributed by atoms with Crippen molar-refractivity contribution in [2.45, 2.75) is 78.2 Å². The second-order valence-corrected chi connectivity index (χ2v) is 9.57. The number of carbonyl (C=O) groups excluding carboxylic acids is 3. The second kappa shape index (κ2) is 5.65. The summed E-state index contributed by atoms with van der Waals surface area (Å²) in [5, 5.41) is 0. The Morgan fingerprint density at radius 1 is 1.00 bits per heavy atom. The van der Waals surface area contributed by atoms with E-state index in [2.05, 4.69) is 13.8 Å². The first kappa shape index (κ1) is 17.2. The van der Waals surface area contributed by atoms with Crippen LogP contribution in [0, 0.1) is 34.5 Å². The van der Waals surface area contributed by atoms with Crippen LogP contribution in [0.2, 0.25) is 0 Å². The topological polar surface area (TPSA) is 60.4 Å². The highest BCUT2D eigenvalue weighted by molar-refractivity contribution is 5.86. The van der Waals surface area contributed by atoms with E-state index in [1.165, 1.54) is 6.92 Å². The van der Waals surface area contributed by atoms with Crippen molar-refractivity contribution in [3.63, 3.8) is 0 Å². The molecular formula is C21H30O4. The SMILES string of the molecule is CC(=O)OC1CC[C@H]2[C@@H]3C(=O)CC4CC(=O)CC[C@]4(C)[C@H]3CC[C@]12C. The summed E-state index contributed by atoms with van der Waals surface area (Å²) in [5.74, 6) is 1.60. The largest absolute Gasteiger partial charge is 0.462 e. The van der Waals surface area contributed by atoms with Crippen molar-refractivity contribution in [2.75, 3.05) is 0 Å². The van der Waals surface area contributed by atoms with Gasteiger partial charge in [0.1, 0.15) is 17.7 Å². The van der Waals surface area contributed by atoms with Gasteiger partial charge in [0, 0.05) is 37.5 Å². The molecule has 4 aliphatic rings. The Balaban J connectivity index is 1.64. The molecular weight excluding hydrogens is 316 g/mol. The Morgan fingerprint density at radius 3 is 2.44 bits per heavy atom. The molecule has 2 unspecified atom stereocenters. The van der Waals surface area contributed by atoms with E-state index in [9.17, 15) is 14.4 Å². The zero-order valence-electron chi connectivity index (χ0n) is 15.7. The number of rotatable bonds is 1. The van der Waals surface area contributed by atoms with Gasteiger partial charge in [-0.3, -0.25) is 14.4 Å². The molecule has 0 N–H and O–H groups in total. The fourth-order valence-corrected chi connectivity index (χ4v) is 7.07. The van der Waals surface area contributed by atoms with Crippen LogP contribution < -0.4 is 0 Å². The van der Waals surface area contributed by atoms with Crippen LogP contribution in [-0.4, -0.2) is 23.6 Å². The highest BCUT2D eigenvalue weighted by atomic mass is 16.5. The molecule has 0 bridgehead atoms. The molecule has 7 atom stereocenters. The molecule has 4 heteroatoms. The summed E-state index contributed by atoms with van der Waals surface area (Å²) in [6.45, 7) is 6.06. The summed E-state index contributed by atoms with van der Waals surface area (Å²) in [7, 11) is 0. The fourth-order valence-electron chi connectivity index (χ4n) is 7.07. The monoisotopic (exact) mass is 346 g/mol. The zero-order valence-corrected chi connectivity index (χ0v) is 15.7. The van der Waals surface area contributed by atoms with Crippen LogP contribution >= 0.6 is 0 Å². The minimum absolute atomic E-state index is 0.0396. The lowest BCUT2D eigenvalue weighted by molar-refractivity contribution is -0.167. The summed E-state index contributed by atoms with van der Waals surface area (Å²) in [4.78, 5) is 36.6. The molecule has 0 amide bonds. The van der Waals surface area contributed by atoms with Crippen LogP contribution in [0.3, 0.4) is 0 Å². The average molecular weight is 346 g/mol. The van der Waals surface area contributed by atoms with Crippen LogP contribution in [0.15, 0.2) is 0 Å². The van der Waals surface area contributed by atoms with E-state index in [-0.39, 0.29) is 34.7 Å². The third-order valence-electron chi connectivity index (χ3n) is 8.51. The normalized spacial score (nSPS) is 49.2. The lowest BCUT2D eigenvalue weighted by Crippen LogP contribution is -2.57. The maximum Gasteiger partial charge on any atom is 0.302 e. The molecule has 0 spiro atoms. The zero-order chi connectivity index (χ0) is 18.0. The molecule has 4 saturated carbocycles. The van der Waals surface area contributed by atoms with Gasteiger partial charge in [0.05, 0.1) is 0 Å². The molecule has 0 aliphatic heterocycles. The Labute approximate surface area is 150 Å². The van der Waals surface area contributed by atoms with Crippen molar-refractivity contribution < 1.29 is 19.1 Å². The summed E-state index contributed by atoms with van der Waals surface area (Å²) in [6, 6.07) is 0. The molecule has 4 fully saturated rings. The minimum Gasteiger partial charge on any atom is -0.462 e. The molecule has 4 rings (SSSR count). The van der Waals surface area contributed by atoms with E-state index in [4.69, 9.17) is 4.74 Å². The standard InChI is InChI=1S/C21H30O4/c1-12(22)25-18-5-4-15-19-16(7-9-21(15,18)3)20(2)8-6-14(23)10-13(20)11-17(19)24/h13,15-16,18-19H,4-11H2,1-3H3/t13?,15-,16-,18?,19-,20-,21-/m0/s1. The van der Waals surface area contributed by atoms with Gasteiger partial charge in [0.15, 0.2) is 0 Å². The van der Waals surface area contributed by atoms with Crippen molar-refractivity contribution >= 4 is 17.5 Å². The van der Waals surface area contributed by atoms with Gasteiger partial charge in [-0.05, 0) is 55.3 Å². The van der Waals surface area contributed by atoms with E-state index in [0.29, 0.717) is 42.7 Å². The summed E-state index contributed by atoms with van der Waals surface area (Å²) >= 11 is 0. The number of ketones is 2. The van der Waals surface area contributed by atoms with Crippen LogP contribution in [0.25, 0.3) is 0 Å². The van der Waals surface area contributed by atoms with Gasteiger partial charge >= 0.3 is 5.97 Å². The summed E-state index contributed by atoms with van der Waals surface area (Å²) in [5.41, 5.74) is 0.0729. The molecule has 4 aliphatic carbocycles. The number of fused-ring (bicyclic) bond motifs is 5. The first-order valence-corrected chi connectivity index (χ1v) is 9.97. The summed E-state index contributed by atoms with van der Waals surface area (Å²) in [6.07, 6.45) is 6.70. The average Bonchev–Trinajstić information content (AvgIpc) is 2.85. The quantitative estimate of drug-likeness (QED) is 0.679. The van der Waals surface area contributed by atoms with Gasteiger partial charge in [0.25, 0.3) is 0 Å². The van der Waals surface area contributed by atoms with Crippen LogP contribution in [-0.2, 0) is 19.1 Å². The molecule has 0 aromatic carbocycles. The molecule has 4 nitrogen and oxygen atoms in total. The Hall–Kier alpha value is -1.19. The number of ether oxygens (including phenoxy) is 1. The molecule has 0 radical (unpaired) electrons. The van der Waals surface area contributed by atoms with Gasteiger partial charge in [-0.15, -0.1) is 0 Å². The lowest BCUT2D eigenvalue weighted by atomic mass is 9.45. The number of Topliss-reactive ketones (excluding diaryl/α,β-unsaturated/α-hetero) is 2. The Morgan fingerprint density at radius 2 is 1.72 bits per heavy atom. The van der Waals surface area contributed by atoms with Crippen molar-refractivity contribution in [1.82, 2.24) is 0 Å². The van der Waals surface area contributed by atoms with E-state index >= 15 is 0 Å². The molecule has 0 saturated heterocycles. The maximum absolute atomic E-state index is 13.1. The minimum atomic E-state index is -0.207. The first-order valence-electron chi connectivity index (χ1n) is 9.97. The predicted molar refractivity (Wildman–Crippen MR) is 92.7 cm³/mol. The third kappa shape index (κ3) is 2.43. The van der Waals surface area contributed by atoms with Gasteiger partial charge in [0.2, 0.25) is 0 Å². The lowest BCUT2D eigenvalue weighted by Gasteiger charge is -2.59. The molecule has 0 aromatic heterocycles. The van der Waals surface area contributed by atoms with E-state index in [1.807, 2.05) is 0 Å². The van der Waals surface area contributed by atoms with Gasteiger partial charge in [-0.25, -0.2) is 0 Å². The van der Waals surface area contributed by atoms with Crippen molar-refractivity contribution in [1.29, 1.82) is 0 Å². The van der Waals surface area contributed by atoms with E-state index in [0.717, 1.165) is 32.1 Å². The highest BCUT2D eigenvalue weighted by Crippen LogP contribution is 2.65. The van der Waals surface area contributed by atoms with E-state index < -0.39 is 0 Å². The highest BCUT2D eigenvalue weighted by Gasteiger charge is 2.63. The number of carbonyl (C=O) groups is 3. The molecule has 0 aromatic rings. The predicted octanol–water partition coefficient (Wildman–Crippen LogP) is 3.71. The smallest absolute Gasteiger partial charge is 0.302 e. The van der Waals surface area contributed by atoms with Gasteiger partial charge in [-0.1, -0.05) is 13.8 Å². The Kier molecular flexibility index (Phi) is 3.90. The maximum atomic E-state index is 13.1. The van der Waals surface area contributed by atoms with Crippen LogP contribution in [0.5, 0.6) is 0 Å². The van der Waals surface area contributed by atoms with Crippen molar-refractivity contribution in [3.05, 3.63) is 0 Å². The van der Waals surface area contributed by atoms with Gasteiger partial charge in [-0.2, -0.15) is 0 Å². The number of esters is 1. The van der Waals surface area contributed by atoms with E-state index in [1.54, 1.807) is 0 Å². The first-order chi connectivity index (χ1) is 11.8. The Bertz CT molecular complexity index is 625. The second-order valence-electron chi connectivity index (χ2n) is 9.57. The van der Waals surface area contributed by atoms with Crippen molar-refractivity contribution in [3.8, 4) is 0 Å². The van der Waals surface area contributed by atoms with Crippen molar-refractivity contribution in [2.24, 2.45) is 34.5 Å². The number of hydrogen-bond donors (Lipinski definition) is 0. The fraction of sp³-hybridized carbons (Fsp3) is 0.857. The number of hydrogen-bond acceptors (Lipinski definition) is 4.